The third-order valence-electron chi connectivity index (χ3n) is 4.01. The number of hydrogen-bond donors (Lipinski definition) is 0. The lowest BCUT2D eigenvalue weighted by Crippen LogP contribution is -2.31. The van der Waals surface area contributed by atoms with Crippen LogP contribution < -0.4 is 14.2 Å². The average molecular weight is 342 g/mol. The summed E-state index contributed by atoms with van der Waals surface area (Å²) in [5, 5.41) is 0. The number of para-hydroxylation sites is 1. The van der Waals surface area contributed by atoms with E-state index in [2.05, 4.69) is 4.74 Å². The molecule has 0 fully saturated rings. The van der Waals surface area contributed by atoms with Crippen molar-refractivity contribution in [3.8, 4) is 17.2 Å². The summed E-state index contributed by atoms with van der Waals surface area (Å²) in [5.74, 6) is 0.0333. The largest absolute Gasteiger partial charge is 0.493 e. The average Bonchev–Trinajstić information content (AvgIpc) is 2.67. The van der Waals surface area contributed by atoms with Crippen molar-refractivity contribution in [1.82, 2.24) is 0 Å². The maximum Gasteiger partial charge on any atom is 0.337 e. The molecular formula is C19H18O6. The summed E-state index contributed by atoms with van der Waals surface area (Å²) in [7, 11) is 2.73. The molecule has 0 aliphatic carbocycles. The van der Waals surface area contributed by atoms with Crippen molar-refractivity contribution in [3.63, 3.8) is 0 Å². The highest BCUT2D eigenvalue weighted by atomic mass is 16.6. The Morgan fingerprint density at radius 2 is 1.88 bits per heavy atom. The van der Waals surface area contributed by atoms with Crippen LogP contribution in [-0.4, -0.2) is 32.8 Å². The normalized spacial score (nSPS) is 15.5. The molecule has 1 aliphatic heterocycles. The van der Waals surface area contributed by atoms with Gasteiger partial charge in [-0.2, -0.15) is 0 Å². The standard InChI is InChI=1S/C19H18O6/c1-22-17-10-13(18(20)23-2)7-8-16(17)25-19(21)14-9-12-5-3-4-6-15(12)24-11-14/h3-8,10,14H,9,11H2,1-2H3. The Kier molecular flexibility index (Phi) is 4.88. The summed E-state index contributed by atoms with van der Waals surface area (Å²) >= 11 is 0. The van der Waals surface area contributed by atoms with E-state index in [0.29, 0.717) is 12.0 Å². The van der Waals surface area contributed by atoms with E-state index in [1.807, 2.05) is 24.3 Å². The fourth-order valence-corrected chi connectivity index (χ4v) is 2.67. The van der Waals surface area contributed by atoms with E-state index in [-0.39, 0.29) is 18.1 Å². The van der Waals surface area contributed by atoms with Gasteiger partial charge in [-0.05, 0) is 36.2 Å². The van der Waals surface area contributed by atoms with Crippen LogP contribution in [-0.2, 0) is 16.0 Å². The van der Waals surface area contributed by atoms with Crippen molar-refractivity contribution in [2.45, 2.75) is 6.42 Å². The van der Waals surface area contributed by atoms with Gasteiger partial charge in [-0.25, -0.2) is 4.79 Å². The van der Waals surface area contributed by atoms with Crippen LogP contribution in [0, 0.1) is 5.92 Å². The number of methoxy groups -OCH3 is 2. The Labute approximate surface area is 145 Å². The molecule has 0 bridgehead atoms. The van der Waals surface area contributed by atoms with Crippen molar-refractivity contribution in [2.75, 3.05) is 20.8 Å². The lowest BCUT2D eigenvalue weighted by molar-refractivity contribution is -0.140. The third-order valence-corrected chi connectivity index (χ3v) is 4.01. The number of carbonyl (C=O) groups is 2. The first-order valence-electron chi connectivity index (χ1n) is 7.81. The highest BCUT2D eigenvalue weighted by Gasteiger charge is 2.28. The van der Waals surface area contributed by atoms with E-state index in [9.17, 15) is 9.59 Å². The van der Waals surface area contributed by atoms with E-state index >= 15 is 0 Å². The molecule has 0 saturated carbocycles. The minimum absolute atomic E-state index is 0.249. The molecule has 1 heterocycles. The fourth-order valence-electron chi connectivity index (χ4n) is 2.67. The Morgan fingerprint density at radius 3 is 2.64 bits per heavy atom. The lowest BCUT2D eigenvalue weighted by Gasteiger charge is -2.24. The Morgan fingerprint density at radius 1 is 1.08 bits per heavy atom. The van der Waals surface area contributed by atoms with Crippen LogP contribution in [0.4, 0.5) is 0 Å². The molecule has 1 aliphatic rings. The first-order chi connectivity index (χ1) is 12.1. The zero-order chi connectivity index (χ0) is 17.8. The molecule has 0 saturated heterocycles. The first-order valence-corrected chi connectivity index (χ1v) is 7.81. The third kappa shape index (κ3) is 3.57. The predicted molar refractivity (Wildman–Crippen MR) is 89.1 cm³/mol. The van der Waals surface area contributed by atoms with Crippen molar-refractivity contribution < 1.29 is 28.5 Å². The minimum atomic E-state index is -0.492. The molecule has 1 atom stereocenters. The summed E-state index contributed by atoms with van der Waals surface area (Å²) in [6.07, 6.45) is 0.553. The monoisotopic (exact) mass is 342 g/mol. The highest BCUT2D eigenvalue weighted by Crippen LogP contribution is 2.31. The number of ether oxygens (including phenoxy) is 4. The zero-order valence-corrected chi connectivity index (χ0v) is 14.0. The topological polar surface area (TPSA) is 71.1 Å². The number of esters is 2. The number of carbonyl (C=O) groups excluding carboxylic acids is 2. The molecular weight excluding hydrogens is 324 g/mol. The maximum absolute atomic E-state index is 12.5. The van der Waals surface area contributed by atoms with Gasteiger partial charge >= 0.3 is 11.9 Å². The molecule has 0 spiro atoms. The van der Waals surface area contributed by atoms with E-state index in [1.54, 1.807) is 0 Å². The van der Waals surface area contributed by atoms with Crippen LogP contribution in [0.3, 0.4) is 0 Å². The number of fused-ring (bicyclic) bond motifs is 1. The zero-order valence-electron chi connectivity index (χ0n) is 14.0. The van der Waals surface area contributed by atoms with Crippen LogP contribution in [0.2, 0.25) is 0 Å². The predicted octanol–water partition coefficient (Wildman–Crippen LogP) is 2.64. The summed E-state index contributed by atoms with van der Waals surface area (Å²) in [5.41, 5.74) is 1.29. The van der Waals surface area contributed by atoms with Gasteiger partial charge in [0, 0.05) is 0 Å². The highest BCUT2D eigenvalue weighted by molar-refractivity contribution is 5.90. The van der Waals surface area contributed by atoms with E-state index in [4.69, 9.17) is 14.2 Å². The summed E-state index contributed by atoms with van der Waals surface area (Å²) in [6.45, 7) is 0.262. The van der Waals surface area contributed by atoms with Gasteiger partial charge in [-0.15, -0.1) is 0 Å². The van der Waals surface area contributed by atoms with Crippen LogP contribution in [0.5, 0.6) is 17.2 Å². The van der Waals surface area contributed by atoms with E-state index in [1.165, 1.54) is 32.4 Å². The van der Waals surface area contributed by atoms with Gasteiger partial charge in [0.05, 0.1) is 25.7 Å². The molecule has 6 heteroatoms. The maximum atomic E-state index is 12.5. The number of rotatable bonds is 4. The van der Waals surface area contributed by atoms with Gasteiger partial charge in [-0.3, -0.25) is 4.79 Å². The quantitative estimate of drug-likeness (QED) is 0.628. The molecule has 0 radical (unpaired) electrons. The van der Waals surface area contributed by atoms with Crippen molar-refractivity contribution in [1.29, 1.82) is 0 Å². The van der Waals surface area contributed by atoms with Crippen molar-refractivity contribution >= 4 is 11.9 Å². The Balaban J connectivity index is 1.74. The fraction of sp³-hybridized carbons (Fsp3) is 0.263. The molecule has 0 amide bonds. The second-order valence-corrected chi connectivity index (χ2v) is 5.60. The molecule has 25 heavy (non-hydrogen) atoms. The van der Waals surface area contributed by atoms with Gasteiger partial charge in [0.1, 0.15) is 12.4 Å². The van der Waals surface area contributed by atoms with Crippen LogP contribution in [0.15, 0.2) is 42.5 Å². The smallest absolute Gasteiger partial charge is 0.337 e. The minimum Gasteiger partial charge on any atom is -0.493 e. The van der Waals surface area contributed by atoms with E-state index in [0.717, 1.165) is 11.3 Å². The molecule has 0 aromatic heterocycles. The Bertz CT molecular complexity index is 798. The number of benzene rings is 2. The number of hydrogen-bond acceptors (Lipinski definition) is 6. The SMILES string of the molecule is COC(=O)c1ccc(OC(=O)C2COc3ccccc3C2)c(OC)c1. The summed E-state index contributed by atoms with van der Waals surface area (Å²) in [6, 6.07) is 12.1. The molecule has 0 N–H and O–H groups in total. The van der Waals surface area contributed by atoms with E-state index < -0.39 is 17.9 Å². The first kappa shape index (κ1) is 16.8. The van der Waals surface area contributed by atoms with Crippen molar-refractivity contribution in [2.24, 2.45) is 5.92 Å². The van der Waals surface area contributed by atoms with Crippen LogP contribution in [0.25, 0.3) is 0 Å². The molecule has 6 nitrogen and oxygen atoms in total. The second-order valence-electron chi connectivity index (χ2n) is 5.60. The Hall–Kier alpha value is -3.02. The van der Waals surface area contributed by atoms with Crippen LogP contribution >= 0.6 is 0 Å². The van der Waals surface area contributed by atoms with Gasteiger partial charge in [0.2, 0.25) is 0 Å². The second kappa shape index (κ2) is 7.25. The molecule has 130 valence electrons. The molecule has 1 unspecified atom stereocenters. The molecule has 2 aromatic carbocycles. The molecule has 3 rings (SSSR count). The van der Waals surface area contributed by atoms with Gasteiger partial charge in [0.25, 0.3) is 0 Å². The van der Waals surface area contributed by atoms with Gasteiger partial charge < -0.3 is 18.9 Å². The van der Waals surface area contributed by atoms with Crippen molar-refractivity contribution in [3.05, 3.63) is 53.6 Å². The summed E-state index contributed by atoms with van der Waals surface area (Å²) < 4.78 is 21.0. The van der Waals surface area contributed by atoms with Gasteiger partial charge in [-0.1, -0.05) is 18.2 Å². The lowest BCUT2D eigenvalue weighted by atomic mass is 9.97. The van der Waals surface area contributed by atoms with Gasteiger partial charge in [0.15, 0.2) is 11.5 Å². The summed E-state index contributed by atoms with van der Waals surface area (Å²) in [4.78, 5) is 24.0. The molecule has 2 aromatic rings. The van der Waals surface area contributed by atoms with Crippen LogP contribution in [0.1, 0.15) is 15.9 Å².